The third kappa shape index (κ3) is 4.72. The van der Waals surface area contributed by atoms with Gasteiger partial charge in [-0.05, 0) is 89.9 Å². The van der Waals surface area contributed by atoms with E-state index >= 15 is 0 Å². The molecule has 6 aromatic rings. The number of aryl methyl sites for hydroxylation is 1. The van der Waals surface area contributed by atoms with Gasteiger partial charge in [-0.15, -0.1) is 0 Å². The number of hydrogen-bond acceptors (Lipinski definition) is 3. The second-order valence-electron chi connectivity index (χ2n) is 13.5. The molecule has 0 bridgehead atoms. The van der Waals surface area contributed by atoms with Gasteiger partial charge in [-0.1, -0.05) is 103 Å². The normalized spacial score (nSPS) is 19.3. The van der Waals surface area contributed by atoms with Crippen molar-refractivity contribution in [3.05, 3.63) is 191 Å². The maximum absolute atomic E-state index is 6.68. The van der Waals surface area contributed by atoms with Gasteiger partial charge in [0.05, 0.1) is 5.92 Å². The molecule has 2 heterocycles. The Kier molecular flexibility index (Phi) is 6.58. The zero-order valence-corrected chi connectivity index (χ0v) is 27.2. The maximum atomic E-state index is 6.68. The van der Waals surface area contributed by atoms with Crippen LogP contribution in [0.3, 0.4) is 0 Å². The van der Waals surface area contributed by atoms with E-state index in [1.165, 1.54) is 61.1 Å². The highest BCUT2D eigenvalue weighted by molar-refractivity contribution is 6.09. The highest BCUT2D eigenvalue weighted by atomic mass is 16.5. The van der Waals surface area contributed by atoms with E-state index in [-0.39, 0.29) is 11.8 Å². The Morgan fingerprint density at radius 1 is 0.694 bits per heavy atom. The zero-order valence-electron chi connectivity index (χ0n) is 27.2. The second-order valence-corrected chi connectivity index (χ2v) is 13.5. The number of ether oxygens (including phenoxy) is 1. The first-order valence-corrected chi connectivity index (χ1v) is 17.4. The Morgan fingerprint density at radius 2 is 1.47 bits per heavy atom. The van der Waals surface area contributed by atoms with Crippen molar-refractivity contribution in [3.8, 4) is 5.75 Å². The molecule has 2 atom stereocenters. The Bertz CT molecular complexity index is 2420. The van der Waals surface area contributed by atoms with Crippen molar-refractivity contribution < 1.29 is 9.15 Å². The minimum Gasteiger partial charge on any atom is -0.461 e. The molecule has 0 amide bonds. The third-order valence-corrected chi connectivity index (χ3v) is 10.7. The monoisotopic (exact) mass is 633 g/mol. The van der Waals surface area contributed by atoms with Crippen LogP contribution in [0.25, 0.3) is 33.4 Å². The number of furan rings is 1. The predicted octanol–water partition coefficient (Wildman–Crippen LogP) is 11.9. The van der Waals surface area contributed by atoms with Crippen molar-refractivity contribution in [2.24, 2.45) is 0 Å². The lowest BCUT2D eigenvalue weighted by Gasteiger charge is -2.33. The molecule has 2 unspecified atom stereocenters. The minimum atomic E-state index is 0.237. The molecule has 0 saturated carbocycles. The van der Waals surface area contributed by atoms with E-state index in [0.29, 0.717) is 0 Å². The van der Waals surface area contributed by atoms with E-state index in [9.17, 15) is 0 Å². The molecular weight excluding hydrogens is 599 g/mol. The van der Waals surface area contributed by atoms with Crippen molar-refractivity contribution in [2.45, 2.75) is 37.5 Å². The fourth-order valence-corrected chi connectivity index (χ4v) is 8.32. The number of para-hydroxylation sites is 2. The van der Waals surface area contributed by atoms with E-state index in [4.69, 9.17) is 9.15 Å². The fraction of sp³-hybridized carbons (Fsp3) is 0.130. The largest absolute Gasteiger partial charge is 0.461 e. The van der Waals surface area contributed by atoms with Crippen molar-refractivity contribution in [2.75, 3.05) is 4.90 Å². The molecule has 1 aliphatic heterocycles. The summed E-state index contributed by atoms with van der Waals surface area (Å²) in [5.74, 6) is 3.54. The molecular formula is C46H35NO2. The average Bonchev–Trinajstić information content (AvgIpc) is 3.74. The lowest BCUT2D eigenvalue weighted by molar-refractivity contribution is 0.422. The molecule has 3 nitrogen and oxygen atoms in total. The molecule has 1 aromatic heterocycles. The quantitative estimate of drug-likeness (QED) is 0.189. The van der Waals surface area contributed by atoms with Gasteiger partial charge in [0.25, 0.3) is 0 Å². The van der Waals surface area contributed by atoms with Crippen LogP contribution in [0.5, 0.6) is 5.75 Å². The molecule has 236 valence electrons. The molecule has 0 radical (unpaired) electrons. The van der Waals surface area contributed by atoms with E-state index in [2.05, 4.69) is 157 Å². The van der Waals surface area contributed by atoms with Crippen molar-refractivity contribution in [3.63, 3.8) is 0 Å². The van der Waals surface area contributed by atoms with Crippen LogP contribution >= 0.6 is 0 Å². The van der Waals surface area contributed by atoms with Crippen LogP contribution in [-0.2, 0) is 6.42 Å². The van der Waals surface area contributed by atoms with Crippen LogP contribution < -0.4 is 9.64 Å². The summed E-state index contributed by atoms with van der Waals surface area (Å²) in [6.45, 7) is 0. The smallest absolute Gasteiger partial charge is 0.142 e. The number of anilines is 1. The van der Waals surface area contributed by atoms with Crippen LogP contribution in [0.2, 0.25) is 0 Å². The first kappa shape index (κ1) is 28.2. The lowest BCUT2D eigenvalue weighted by atomic mass is 9.85. The molecule has 49 heavy (non-hydrogen) atoms. The Balaban J connectivity index is 1.01. The SMILES string of the molecule is C1=CC(c2cc3c4c(oc3c3ccccc23)C=C(c2ccccc2)CC4)CC=C1N(C1=CC=C2Oc3ccccc3C2C1)c1ccccc1. The zero-order chi connectivity index (χ0) is 32.3. The van der Waals surface area contributed by atoms with Crippen LogP contribution in [-0.4, -0.2) is 0 Å². The molecule has 3 aliphatic carbocycles. The van der Waals surface area contributed by atoms with E-state index < -0.39 is 0 Å². The van der Waals surface area contributed by atoms with Gasteiger partial charge in [-0.2, -0.15) is 0 Å². The Hall–Kier alpha value is -5.80. The van der Waals surface area contributed by atoms with Crippen molar-refractivity contribution >= 4 is 39.1 Å². The number of hydrogen-bond donors (Lipinski definition) is 0. The fourth-order valence-electron chi connectivity index (χ4n) is 8.32. The van der Waals surface area contributed by atoms with Gasteiger partial charge in [0.2, 0.25) is 0 Å². The highest BCUT2D eigenvalue weighted by Crippen LogP contribution is 2.48. The molecule has 10 rings (SSSR count). The van der Waals surface area contributed by atoms with Crippen LogP contribution in [0.4, 0.5) is 5.69 Å². The number of allylic oxidation sites excluding steroid dienone is 8. The summed E-state index contributed by atoms with van der Waals surface area (Å²) >= 11 is 0. The molecule has 0 spiro atoms. The topological polar surface area (TPSA) is 25.6 Å². The average molecular weight is 634 g/mol. The van der Waals surface area contributed by atoms with Crippen LogP contribution in [0.1, 0.15) is 59.1 Å². The van der Waals surface area contributed by atoms with Gasteiger partial charge in [-0.25, -0.2) is 0 Å². The number of benzene rings is 5. The summed E-state index contributed by atoms with van der Waals surface area (Å²) in [4.78, 5) is 2.44. The molecule has 0 fully saturated rings. The molecule has 0 saturated heterocycles. The summed E-state index contributed by atoms with van der Waals surface area (Å²) in [6.07, 6.45) is 17.7. The highest BCUT2D eigenvalue weighted by Gasteiger charge is 2.34. The first-order valence-electron chi connectivity index (χ1n) is 17.4. The second kappa shape index (κ2) is 11.4. The molecule has 0 N–H and O–H groups in total. The number of nitrogens with zero attached hydrogens (tertiary/aromatic N) is 1. The van der Waals surface area contributed by atoms with Crippen LogP contribution in [0, 0.1) is 0 Å². The van der Waals surface area contributed by atoms with E-state index in [1.54, 1.807) is 0 Å². The number of rotatable bonds is 5. The standard InChI is InChI=1S/C46H35NO2/c1-3-11-30(12-4-1)32-21-25-38-42-29-40(36-15-7-8-17-39(36)46(42)49-45(38)27-32)31-19-22-34(23-20-31)47(33-13-5-2-6-14-33)35-24-26-44-41(28-35)37-16-9-10-18-43(37)48-44/h1-19,22-24,26-27,29,31,41H,20-21,25,28H2. The van der Waals surface area contributed by atoms with Crippen molar-refractivity contribution in [1.29, 1.82) is 0 Å². The van der Waals surface area contributed by atoms with E-state index in [0.717, 1.165) is 48.5 Å². The summed E-state index contributed by atoms with van der Waals surface area (Å²) in [6, 6.07) is 41.1. The number of fused-ring (bicyclic) bond motifs is 8. The molecule has 5 aromatic carbocycles. The van der Waals surface area contributed by atoms with Gasteiger partial charge in [-0.3, -0.25) is 0 Å². The lowest BCUT2D eigenvalue weighted by Crippen LogP contribution is -2.25. The van der Waals surface area contributed by atoms with Crippen molar-refractivity contribution in [1.82, 2.24) is 0 Å². The summed E-state index contributed by atoms with van der Waals surface area (Å²) in [5, 5.41) is 3.73. The summed E-state index contributed by atoms with van der Waals surface area (Å²) < 4.78 is 12.9. The van der Waals surface area contributed by atoms with Gasteiger partial charge >= 0.3 is 0 Å². The van der Waals surface area contributed by atoms with Gasteiger partial charge in [0, 0.05) is 51.3 Å². The Labute approximate surface area is 286 Å². The van der Waals surface area contributed by atoms with E-state index in [1.807, 2.05) is 0 Å². The minimum absolute atomic E-state index is 0.237. The van der Waals surface area contributed by atoms with Crippen LogP contribution in [0.15, 0.2) is 167 Å². The molecule has 3 heteroatoms. The first-order chi connectivity index (χ1) is 24.3. The van der Waals surface area contributed by atoms with Gasteiger partial charge < -0.3 is 14.1 Å². The summed E-state index contributed by atoms with van der Waals surface area (Å²) in [5.41, 5.74) is 11.3. The van der Waals surface area contributed by atoms with Gasteiger partial charge in [0.1, 0.15) is 22.9 Å². The Morgan fingerprint density at radius 3 is 2.31 bits per heavy atom. The third-order valence-electron chi connectivity index (χ3n) is 10.7. The maximum Gasteiger partial charge on any atom is 0.142 e. The van der Waals surface area contributed by atoms with Gasteiger partial charge in [0.15, 0.2) is 0 Å². The predicted molar refractivity (Wildman–Crippen MR) is 200 cm³/mol. The molecule has 4 aliphatic rings. The summed E-state index contributed by atoms with van der Waals surface area (Å²) in [7, 11) is 0.